The van der Waals surface area contributed by atoms with Gasteiger partial charge in [0.25, 0.3) is 5.91 Å². The number of carbonyl (C=O) groups excluding carboxylic acids is 2. The highest BCUT2D eigenvalue weighted by Gasteiger charge is 2.40. The number of methoxy groups -OCH3 is 2. The Morgan fingerprint density at radius 1 is 1.17 bits per heavy atom. The standard InChI is InChI=1S/C33H39F3N8O4/c1-19(30(46)48-4)14-44-15-24(38-18-44)29(45)42-31-40-27-25(43(2)16-32(17-47-3)9-5-6-10-32)12-23(39-28(27)41-31)21-11-22(33(34,35)36)26(37-13-21)20-7-8-20/h11-13,15,18-20H,5-10,14,16-17H2,1-4H3,(H2,39,40,41,42,45)/t19-/m0/s1. The molecule has 0 unspecified atom stereocenters. The van der Waals surface area contributed by atoms with E-state index in [1.807, 2.05) is 11.9 Å². The lowest BCUT2D eigenvalue weighted by Crippen LogP contribution is -2.37. The van der Waals surface area contributed by atoms with Crippen LogP contribution < -0.4 is 10.2 Å². The quantitative estimate of drug-likeness (QED) is 0.179. The van der Waals surface area contributed by atoms with Crippen molar-refractivity contribution in [2.45, 2.75) is 64.1 Å². The maximum Gasteiger partial charge on any atom is 0.418 e. The predicted molar refractivity (Wildman–Crippen MR) is 172 cm³/mol. The average molecular weight is 669 g/mol. The van der Waals surface area contributed by atoms with Gasteiger partial charge in [-0.2, -0.15) is 18.2 Å². The summed E-state index contributed by atoms with van der Waals surface area (Å²) >= 11 is 0. The van der Waals surface area contributed by atoms with Gasteiger partial charge in [0.2, 0.25) is 5.95 Å². The molecule has 12 nitrogen and oxygen atoms in total. The first-order valence-electron chi connectivity index (χ1n) is 16.0. The van der Waals surface area contributed by atoms with E-state index in [1.54, 1.807) is 24.7 Å². The van der Waals surface area contributed by atoms with Crippen molar-refractivity contribution in [2.24, 2.45) is 11.3 Å². The molecular formula is C33H39F3N8O4. The van der Waals surface area contributed by atoms with Gasteiger partial charge in [0.15, 0.2) is 5.65 Å². The Labute approximate surface area is 275 Å². The van der Waals surface area contributed by atoms with Crippen molar-refractivity contribution in [1.29, 1.82) is 0 Å². The molecule has 1 amide bonds. The zero-order valence-corrected chi connectivity index (χ0v) is 27.4. The minimum Gasteiger partial charge on any atom is -0.469 e. The summed E-state index contributed by atoms with van der Waals surface area (Å²) in [6.45, 7) is 3.20. The molecule has 4 heterocycles. The van der Waals surface area contributed by atoms with Gasteiger partial charge >= 0.3 is 12.1 Å². The Bertz CT molecular complexity index is 1810. The monoisotopic (exact) mass is 668 g/mol. The van der Waals surface area contributed by atoms with Crippen LogP contribution in [0, 0.1) is 11.3 Å². The molecule has 0 aliphatic heterocycles. The van der Waals surface area contributed by atoms with Crippen LogP contribution >= 0.6 is 0 Å². The van der Waals surface area contributed by atoms with E-state index in [0.717, 1.165) is 31.7 Å². The van der Waals surface area contributed by atoms with E-state index < -0.39 is 23.6 Å². The van der Waals surface area contributed by atoms with E-state index >= 15 is 0 Å². The molecule has 2 N–H and O–H groups in total. The number of amides is 1. The van der Waals surface area contributed by atoms with Crippen LogP contribution in [0.3, 0.4) is 0 Å². The number of imidazole rings is 2. The van der Waals surface area contributed by atoms with Gasteiger partial charge in [0, 0.05) is 56.5 Å². The molecule has 0 radical (unpaired) electrons. The summed E-state index contributed by atoms with van der Waals surface area (Å²) in [4.78, 5) is 47.7. The van der Waals surface area contributed by atoms with Gasteiger partial charge in [-0.05, 0) is 37.8 Å². The number of hydrogen-bond donors (Lipinski definition) is 2. The molecule has 0 spiro atoms. The zero-order valence-electron chi connectivity index (χ0n) is 27.4. The third-order valence-electron chi connectivity index (χ3n) is 9.21. The van der Waals surface area contributed by atoms with Crippen molar-refractivity contribution in [2.75, 3.05) is 44.6 Å². The SMILES string of the molecule is COCC1(CN(C)c2cc(-c3cnc(C4CC4)c(C(F)(F)F)c3)nc3nc(NC(=O)c4cn(C[C@H](C)C(=O)OC)cn4)[nH]c23)CCCC1. The number of hydrogen-bond acceptors (Lipinski definition) is 9. The lowest BCUT2D eigenvalue weighted by molar-refractivity contribution is -0.145. The first kappa shape index (κ1) is 33.4. The van der Waals surface area contributed by atoms with Gasteiger partial charge in [0.05, 0.1) is 48.6 Å². The van der Waals surface area contributed by atoms with Crippen LogP contribution in [0.1, 0.15) is 73.1 Å². The highest BCUT2D eigenvalue weighted by atomic mass is 19.4. The summed E-state index contributed by atoms with van der Waals surface area (Å²) in [7, 11) is 4.92. The second-order valence-electron chi connectivity index (χ2n) is 13.1. The number of ether oxygens (including phenoxy) is 2. The molecule has 15 heteroatoms. The number of fused-ring (bicyclic) bond motifs is 1. The second kappa shape index (κ2) is 13.2. The number of pyridine rings is 2. The molecule has 2 aliphatic rings. The minimum atomic E-state index is -4.56. The highest BCUT2D eigenvalue weighted by Crippen LogP contribution is 2.46. The summed E-state index contributed by atoms with van der Waals surface area (Å²) in [5.74, 6) is -1.46. The summed E-state index contributed by atoms with van der Waals surface area (Å²) in [6.07, 6.45) is 5.37. The van der Waals surface area contributed by atoms with E-state index in [9.17, 15) is 22.8 Å². The Morgan fingerprint density at radius 2 is 1.92 bits per heavy atom. The fourth-order valence-corrected chi connectivity index (χ4v) is 6.71. The molecule has 1 atom stereocenters. The smallest absolute Gasteiger partial charge is 0.418 e. The number of carbonyl (C=O) groups is 2. The average Bonchev–Trinajstić information content (AvgIpc) is 3.39. The maximum atomic E-state index is 14.1. The summed E-state index contributed by atoms with van der Waals surface area (Å²) in [5.41, 5.74) is 1.22. The topological polar surface area (TPSA) is 140 Å². The van der Waals surface area contributed by atoms with Crippen molar-refractivity contribution in [3.8, 4) is 11.3 Å². The van der Waals surface area contributed by atoms with Gasteiger partial charge in [-0.15, -0.1) is 0 Å². The summed E-state index contributed by atoms with van der Waals surface area (Å²) in [5, 5.41) is 2.72. The molecule has 256 valence electrons. The van der Waals surface area contributed by atoms with Gasteiger partial charge in [0.1, 0.15) is 11.2 Å². The third-order valence-corrected chi connectivity index (χ3v) is 9.21. The van der Waals surface area contributed by atoms with Crippen molar-refractivity contribution in [3.63, 3.8) is 0 Å². The van der Waals surface area contributed by atoms with Gasteiger partial charge in [-0.25, -0.2) is 9.97 Å². The number of anilines is 2. The fourth-order valence-electron chi connectivity index (χ4n) is 6.71. The summed E-state index contributed by atoms with van der Waals surface area (Å²) in [6, 6.07) is 2.86. The van der Waals surface area contributed by atoms with E-state index in [4.69, 9.17) is 9.47 Å². The van der Waals surface area contributed by atoms with E-state index in [0.29, 0.717) is 37.2 Å². The number of H-pyrrole nitrogens is 1. The van der Waals surface area contributed by atoms with Crippen molar-refractivity contribution in [3.05, 3.63) is 47.8 Å². The lowest BCUT2D eigenvalue weighted by Gasteiger charge is -2.34. The molecular weight excluding hydrogens is 629 g/mol. The lowest BCUT2D eigenvalue weighted by atomic mass is 9.86. The molecule has 2 saturated carbocycles. The van der Waals surface area contributed by atoms with E-state index in [2.05, 4.69) is 30.2 Å². The number of esters is 1. The van der Waals surface area contributed by atoms with Crippen molar-refractivity contribution >= 4 is 34.7 Å². The Kier molecular flexibility index (Phi) is 9.16. The van der Waals surface area contributed by atoms with Crippen LogP contribution in [0.2, 0.25) is 0 Å². The van der Waals surface area contributed by atoms with Crippen molar-refractivity contribution in [1.82, 2.24) is 29.5 Å². The molecule has 0 bridgehead atoms. The molecule has 6 rings (SSSR count). The Morgan fingerprint density at radius 3 is 2.58 bits per heavy atom. The van der Waals surface area contributed by atoms with E-state index in [1.165, 1.54) is 25.8 Å². The minimum absolute atomic E-state index is 0.0689. The normalized spacial score (nSPS) is 16.6. The zero-order chi connectivity index (χ0) is 34.2. The highest BCUT2D eigenvalue weighted by molar-refractivity contribution is 6.03. The van der Waals surface area contributed by atoms with Crippen LogP contribution in [-0.2, 0) is 27.0 Å². The molecule has 4 aromatic heterocycles. The van der Waals surface area contributed by atoms with Crippen LogP contribution in [0.4, 0.5) is 24.8 Å². The molecule has 48 heavy (non-hydrogen) atoms. The molecule has 2 fully saturated rings. The van der Waals surface area contributed by atoms with Gasteiger partial charge in [-0.1, -0.05) is 19.8 Å². The number of nitrogens with zero attached hydrogens (tertiary/aromatic N) is 6. The molecule has 0 saturated heterocycles. The molecule has 2 aliphatic carbocycles. The van der Waals surface area contributed by atoms with Crippen LogP contribution in [-0.4, -0.2) is 75.8 Å². The number of nitrogens with one attached hydrogen (secondary N) is 2. The van der Waals surface area contributed by atoms with Gasteiger partial charge in [-0.3, -0.25) is 19.9 Å². The second-order valence-corrected chi connectivity index (χ2v) is 13.1. The largest absolute Gasteiger partial charge is 0.469 e. The Balaban J connectivity index is 1.35. The number of alkyl halides is 3. The van der Waals surface area contributed by atoms with Crippen molar-refractivity contribution < 1.29 is 32.2 Å². The van der Waals surface area contributed by atoms with Gasteiger partial charge < -0.3 is 23.9 Å². The number of halogens is 3. The van der Waals surface area contributed by atoms with Crippen LogP contribution in [0.25, 0.3) is 22.4 Å². The van der Waals surface area contributed by atoms with Crippen LogP contribution in [0.15, 0.2) is 30.9 Å². The number of aromatic amines is 1. The van der Waals surface area contributed by atoms with E-state index in [-0.39, 0.29) is 58.1 Å². The first-order valence-corrected chi connectivity index (χ1v) is 16.0. The first-order chi connectivity index (χ1) is 22.9. The Hall–Kier alpha value is -4.53. The predicted octanol–water partition coefficient (Wildman–Crippen LogP) is 5.82. The number of aromatic nitrogens is 6. The maximum absolute atomic E-state index is 14.1. The fraction of sp³-hybridized carbons (Fsp3) is 0.515. The van der Waals surface area contributed by atoms with Crippen LogP contribution in [0.5, 0.6) is 0 Å². The number of rotatable bonds is 12. The summed E-state index contributed by atoms with van der Waals surface area (Å²) < 4.78 is 54.4. The molecule has 0 aromatic carbocycles. The molecule has 4 aromatic rings. The third kappa shape index (κ3) is 7.00.